The molecule has 4 atom stereocenters. The molecule has 28 heavy (non-hydrogen) atoms. The van der Waals surface area contributed by atoms with Crippen LogP contribution in [0.4, 0.5) is 4.39 Å². The van der Waals surface area contributed by atoms with Crippen molar-refractivity contribution in [3.05, 3.63) is 28.2 Å². The summed E-state index contributed by atoms with van der Waals surface area (Å²) in [6.45, 7) is 8.97. The Morgan fingerprint density at radius 2 is 2.11 bits per heavy atom. The Balaban J connectivity index is 2.62. The van der Waals surface area contributed by atoms with Gasteiger partial charge in [-0.05, 0) is 75.5 Å². The lowest BCUT2D eigenvalue weighted by Gasteiger charge is -2.38. The first-order valence-corrected chi connectivity index (χ1v) is 12.5. The number of pyridine rings is 1. The highest BCUT2D eigenvalue weighted by atomic mass is 79.9. The van der Waals surface area contributed by atoms with Crippen LogP contribution in [0.3, 0.4) is 0 Å². The topological polar surface area (TPSA) is 101 Å². The lowest BCUT2D eigenvalue weighted by molar-refractivity contribution is 0.421. The van der Waals surface area contributed by atoms with Crippen LogP contribution in [0.1, 0.15) is 53.2 Å². The highest BCUT2D eigenvalue weighted by Gasteiger charge is 2.48. The average Bonchev–Trinajstić information content (AvgIpc) is 2.58. The van der Waals surface area contributed by atoms with E-state index in [0.717, 1.165) is 0 Å². The molecule has 0 unspecified atom stereocenters. The quantitative estimate of drug-likeness (QED) is 0.497. The lowest BCUT2D eigenvalue weighted by Crippen LogP contribution is -2.56. The minimum atomic E-state index is -3.06. The molecule has 0 saturated heterocycles. The molecule has 0 fully saturated rings. The fraction of sp³-hybridized carbons (Fsp3) is 0.667. The maximum atomic E-state index is 14.8. The second-order valence-corrected chi connectivity index (χ2v) is 13.9. The molecule has 0 radical (unpaired) electrons. The number of nitrogens with one attached hydrogen (secondary N) is 1. The van der Waals surface area contributed by atoms with Crippen LogP contribution in [0, 0.1) is 17.1 Å². The Bertz CT molecular complexity index is 908. The van der Waals surface area contributed by atoms with Crippen molar-refractivity contribution in [2.75, 3.05) is 12.3 Å². The summed E-state index contributed by atoms with van der Waals surface area (Å²) >= 11 is 1.65. The van der Waals surface area contributed by atoms with Crippen LogP contribution in [-0.4, -0.2) is 35.5 Å². The lowest BCUT2D eigenvalue weighted by atomic mass is 10.0. The van der Waals surface area contributed by atoms with E-state index in [9.17, 15) is 18.4 Å². The van der Waals surface area contributed by atoms with Gasteiger partial charge in [-0.25, -0.2) is 17.9 Å². The van der Waals surface area contributed by atoms with Crippen LogP contribution in [0.25, 0.3) is 0 Å². The maximum Gasteiger partial charge on any atom is 0.146 e. The molecule has 0 bridgehead atoms. The highest BCUT2D eigenvalue weighted by molar-refractivity contribution is 9.10. The zero-order valence-electron chi connectivity index (χ0n) is 16.7. The summed E-state index contributed by atoms with van der Waals surface area (Å²) in [5.74, 6) is -0.784. The standard InChI is InChI=1S/C18H26BrFN4O2S2/c1-16(2,3)27(25)24-18(5,15-13(20)7-8-14(19)23-15)12-28(26)17(4,11-21)9-6-10-22-28/h7-8,24H,6,9-10,12H2,1-5H3/t17-,18+,27-,28-/m1/s1. The van der Waals surface area contributed by atoms with Crippen molar-refractivity contribution in [1.29, 1.82) is 5.26 Å². The van der Waals surface area contributed by atoms with Gasteiger partial charge < -0.3 is 4.55 Å². The van der Waals surface area contributed by atoms with Gasteiger partial charge in [0.1, 0.15) is 31.1 Å². The average molecular weight is 493 g/mol. The van der Waals surface area contributed by atoms with E-state index in [1.165, 1.54) is 12.1 Å². The number of halogens is 2. The molecule has 0 amide bonds. The van der Waals surface area contributed by atoms with Crippen molar-refractivity contribution in [1.82, 2.24) is 9.71 Å². The predicted molar refractivity (Wildman–Crippen MR) is 114 cm³/mol. The second kappa shape index (κ2) is 8.19. The summed E-state index contributed by atoms with van der Waals surface area (Å²) in [6.07, 6.45) is 1.11. The second-order valence-electron chi connectivity index (χ2n) is 8.36. The fourth-order valence-electron chi connectivity index (χ4n) is 2.96. The zero-order chi connectivity index (χ0) is 21.4. The van der Waals surface area contributed by atoms with Crippen molar-refractivity contribution in [2.24, 2.45) is 4.36 Å². The SMILES string of the molecule is CC(C)(C)[S@@+]([O-])N[C@@](C)(C[S@]1(=O)=NCCC[C@]1(C)C#N)c1nc(Br)ccc1F. The third-order valence-corrected chi connectivity index (χ3v) is 10.2. The van der Waals surface area contributed by atoms with Crippen LogP contribution in [0.15, 0.2) is 21.1 Å². The van der Waals surface area contributed by atoms with Crippen molar-refractivity contribution < 1.29 is 13.2 Å². The van der Waals surface area contributed by atoms with E-state index < -0.39 is 41.9 Å². The Labute approximate surface area is 178 Å². The monoisotopic (exact) mass is 492 g/mol. The number of nitriles is 1. The van der Waals surface area contributed by atoms with Gasteiger partial charge in [0.15, 0.2) is 0 Å². The van der Waals surface area contributed by atoms with Crippen LogP contribution < -0.4 is 4.72 Å². The molecule has 1 aromatic rings. The van der Waals surface area contributed by atoms with Crippen molar-refractivity contribution in [3.8, 4) is 6.07 Å². The molecular weight excluding hydrogens is 467 g/mol. The van der Waals surface area contributed by atoms with E-state index in [4.69, 9.17) is 0 Å². The largest absolute Gasteiger partial charge is 0.598 e. The Kier molecular flexibility index (Phi) is 6.88. The van der Waals surface area contributed by atoms with Crippen LogP contribution in [0.5, 0.6) is 0 Å². The fourth-order valence-corrected chi connectivity index (χ4v) is 6.96. The molecule has 0 saturated carbocycles. The van der Waals surface area contributed by atoms with Crippen LogP contribution in [0.2, 0.25) is 0 Å². The van der Waals surface area contributed by atoms with Crippen molar-refractivity contribution in [2.45, 2.75) is 62.5 Å². The van der Waals surface area contributed by atoms with Crippen molar-refractivity contribution >= 4 is 37.0 Å². The zero-order valence-corrected chi connectivity index (χ0v) is 19.9. The first kappa shape index (κ1) is 23.5. The van der Waals surface area contributed by atoms with Gasteiger partial charge in [-0.2, -0.15) is 5.26 Å². The molecule has 0 aliphatic carbocycles. The van der Waals surface area contributed by atoms with E-state index in [1.54, 1.807) is 34.6 Å². The summed E-state index contributed by atoms with van der Waals surface area (Å²) in [6, 6.07) is 4.87. The Morgan fingerprint density at radius 1 is 1.46 bits per heavy atom. The smallest absolute Gasteiger partial charge is 0.146 e. The van der Waals surface area contributed by atoms with Gasteiger partial charge in [-0.15, -0.1) is 4.72 Å². The molecular formula is C18H26BrFN4O2S2. The van der Waals surface area contributed by atoms with Crippen LogP contribution >= 0.6 is 15.9 Å². The number of nitrogens with zero attached hydrogens (tertiary/aromatic N) is 3. The predicted octanol–water partition coefficient (Wildman–Crippen LogP) is 3.79. The van der Waals surface area contributed by atoms with E-state index in [2.05, 4.69) is 36.1 Å². The molecule has 2 heterocycles. The van der Waals surface area contributed by atoms with Gasteiger partial charge in [-0.1, -0.05) is 0 Å². The molecule has 0 spiro atoms. The molecule has 1 aliphatic heterocycles. The Morgan fingerprint density at radius 3 is 2.68 bits per heavy atom. The molecule has 2 rings (SSSR count). The number of aromatic nitrogens is 1. The van der Waals surface area contributed by atoms with Gasteiger partial charge in [0.2, 0.25) is 0 Å². The molecule has 1 aliphatic rings. The van der Waals surface area contributed by atoms with Gasteiger partial charge in [-0.3, -0.25) is 0 Å². The molecule has 6 nitrogen and oxygen atoms in total. The van der Waals surface area contributed by atoms with E-state index >= 15 is 0 Å². The van der Waals surface area contributed by atoms with E-state index in [0.29, 0.717) is 24.0 Å². The third-order valence-electron chi connectivity index (χ3n) is 4.75. The van der Waals surface area contributed by atoms with Crippen molar-refractivity contribution in [3.63, 3.8) is 0 Å². The van der Waals surface area contributed by atoms with Gasteiger partial charge in [0.25, 0.3) is 0 Å². The molecule has 1 aromatic heterocycles. The summed E-state index contributed by atoms with van der Waals surface area (Å²) in [5, 5.41) is 9.70. The molecule has 156 valence electrons. The highest BCUT2D eigenvalue weighted by Crippen LogP contribution is 2.36. The summed E-state index contributed by atoms with van der Waals surface area (Å²) in [7, 11) is -3.06. The van der Waals surface area contributed by atoms with Crippen LogP contribution in [-0.2, 0) is 26.6 Å². The number of rotatable bonds is 5. The van der Waals surface area contributed by atoms with E-state index in [1.807, 2.05) is 0 Å². The minimum absolute atomic E-state index is 0.0109. The molecule has 10 heteroatoms. The van der Waals surface area contributed by atoms with Gasteiger partial charge in [0, 0.05) is 17.9 Å². The number of hydrogen-bond donors (Lipinski definition) is 1. The third kappa shape index (κ3) is 4.70. The molecule has 1 N–H and O–H groups in total. The molecule has 0 aromatic carbocycles. The summed E-state index contributed by atoms with van der Waals surface area (Å²) < 4.78 is 47.3. The van der Waals surface area contributed by atoms with Gasteiger partial charge in [0.05, 0.1) is 21.6 Å². The maximum absolute atomic E-state index is 14.8. The normalized spacial score (nSPS) is 28.7. The van der Waals surface area contributed by atoms with E-state index in [-0.39, 0.29) is 11.4 Å². The number of hydrogen-bond acceptors (Lipinski definition) is 6. The minimum Gasteiger partial charge on any atom is -0.598 e. The Hall–Kier alpha value is -0.730. The summed E-state index contributed by atoms with van der Waals surface area (Å²) in [5.41, 5.74) is -1.37. The first-order valence-electron chi connectivity index (χ1n) is 8.90. The summed E-state index contributed by atoms with van der Waals surface area (Å²) in [4.78, 5) is 4.24. The van der Waals surface area contributed by atoms with Gasteiger partial charge >= 0.3 is 0 Å². The first-order chi connectivity index (χ1) is 12.8.